The zero-order chi connectivity index (χ0) is 23.3. The normalized spacial score (nSPS) is 15.2. The molecule has 0 saturated carbocycles. The van der Waals surface area contributed by atoms with Crippen LogP contribution >= 0.6 is 11.8 Å². The highest BCUT2D eigenvalue weighted by Gasteiger charge is 2.27. The Morgan fingerprint density at radius 1 is 1.06 bits per heavy atom. The van der Waals surface area contributed by atoms with Crippen molar-refractivity contribution in [2.45, 2.75) is 12.1 Å². The summed E-state index contributed by atoms with van der Waals surface area (Å²) in [6.07, 6.45) is 1.59. The van der Waals surface area contributed by atoms with Crippen LogP contribution in [0.5, 0.6) is 0 Å². The average Bonchev–Trinajstić information content (AvgIpc) is 3.31. The summed E-state index contributed by atoms with van der Waals surface area (Å²) in [6.45, 7) is 3.21. The van der Waals surface area contributed by atoms with Gasteiger partial charge in [0.05, 0.1) is 11.4 Å². The largest absolute Gasteiger partial charge is 0.339 e. The minimum atomic E-state index is -3.54. The van der Waals surface area contributed by atoms with Crippen molar-refractivity contribution >= 4 is 33.8 Å². The van der Waals surface area contributed by atoms with Gasteiger partial charge in [-0.25, -0.2) is 8.42 Å². The number of nitrogens with zero attached hydrogens (tertiary/aromatic N) is 6. The predicted molar refractivity (Wildman–Crippen MR) is 127 cm³/mol. The Morgan fingerprint density at radius 3 is 2.55 bits per heavy atom. The van der Waals surface area contributed by atoms with Crippen molar-refractivity contribution in [1.29, 1.82) is 0 Å². The Hall–Kier alpha value is -3.02. The van der Waals surface area contributed by atoms with Crippen LogP contribution in [0.15, 0.2) is 65.2 Å². The maximum atomic E-state index is 12.7. The van der Waals surface area contributed by atoms with Crippen LogP contribution in [-0.2, 0) is 14.8 Å². The molecule has 3 aromatic rings. The molecule has 0 bridgehead atoms. The fraction of sp³-hybridized carbons (Fsp3) is 0.273. The van der Waals surface area contributed by atoms with E-state index in [-0.39, 0.29) is 24.7 Å². The minimum Gasteiger partial charge on any atom is -0.339 e. The maximum absolute atomic E-state index is 12.7. The molecule has 2 aromatic carbocycles. The molecule has 1 aromatic heterocycles. The lowest BCUT2D eigenvalue weighted by Crippen LogP contribution is -2.50. The summed E-state index contributed by atoms with van der Waals surface area (Å²) < 4.78 is 28.2. The van der Waals surface area contributed by atoms with Crippen molar-refractivity contribution in [3.8, 4) is 5.69 Å². The van der Waals surface area contributed by atoms with Gasteiger partial charge in [0, 0.05) is 31.6 Å². The zero-order valence-corrected chi connectivity index (χ0v) is 19.7. The molecule has 0 N–H and O–H groups in total. The molecule has 0 radical (unpaired) electrons. The van der Waals surface area contributed by atoms with Gasteiger partial charge in [-0.15, -0.1) is 5.10 Å². The lowest BCUT2D eigenvalue weighted by molar-refractivity contribution is -0.129. The fourth-order valence-corrected chi connectivity index (χ4v) is 5.38. The third-order valence-electron chi connectivity index (χ3n) is 5.20. The molecule has 172 valence electrons. The van der Waals surface area contributed by atoms with Gasteiger partial charge in [-0.1, -0.05) is 54.2 Å². The van der Waals surface area contributed by atoms with E-state index in [1.165, 1.54) is 21.5 Å². The van der Waals surface area contributed by atoms with E-state index in [1.807, 2.05) is 61.5 Å². The molecule has 1 aliphatic rings. The Labute approximate surface area is 197 Å². The first-order chi connectivity index (χ1) is 15.9. The van der Waals surface area contributed by atoms with Crippen molar-refractivity contribution in [1.82, 2.24) is 29.4 Å². The molecule has 9 nitrogen and oxygen atoms in total. The molecule has 1 saturated heterocycles. The average molecular weight is 485 g/mol. The number of sulfonamides is 1. The van der Waals surface area contributed by atoms with Gasteiger partial charge in [-0.2, -0.15) is 8.99 Å². The number of aryl methyl sites for hydroxylation is 1. The van der Waals surface area contributed by atoms with Gasteiger partial charge in [0.25, 0.3) is 0 Å². The van der Waals surface area contributed by atoms with Crippen molar-refractivity contribution in [2.24, 2.45) is 0 Å². The minimum absolute atomic E-state index is 0.0735. The number of aromatic nitrogens is 4. The molecule has 1 fully saturated rings. The lowest BCUT2D eigenvalue weighted by Gasteiger charge is -2.33. The van der Waals surface area contributed by atoms with E-state index in [9.17, 15) is 13.2 Å². The van der Waals surface area contributed by atoms with E-state index in [4.69, 9.17) is 0 Å². The monoisotopic (exact) mass is 484 g/mol. The van der Waals surface area contributed by atoms with E-state index < -0.39 is 10.0 Å². The van der Waals surface area contributed by atoms with Gasteiger partial charge >= 0.3 is 0 Å². The van der Waals surface area contributed by atoms with Crippen molar-refractivity contribution in [3.05, 3.63) is 71.1 Å². The Kier molecular flexibility index (Phi) is 7.21. The second kappa shape index (κ2) is 10.3. The lowest BCUT2D eigenvalue weighted by atomic mass is 10.2. The number of amides is 1. The molecule has 11 heteroatoms. The van der Waals surface area contributed by atoms with Crippen LogP contribution < -0.4 is 0 Å². The first-order valence-corrected chi connectivity index (χ1v) is 12.9. The zero-order valence-electron chi connectivity index (χ0n) is 18.1. The fourth-order valence-electron chi connectivity index (χ4n) is 3.42. The van der Waals surface area contributed by atoms with Crippen LogP contribution in [0.2, 0.25) is 0 Å². The highest BCUT2D eigenvalue weighted by Crippen LogP contribution is 2.20. The number of carbonyl (C=O) groups is 1. The number of hydrogen-bond acceptors (Lipinski definition) is 7. The molecule has 0 spiro atoms. The molecule has 2 heterocycles. The quantitative estimate of drug-likeness (QED) is 0.474. The van der Waals surface area contributed by atoms with Crippen molar-refractivity contribution in [2.75, 3.05) is 31.9 Å². The summed E-state index contributed by atoms with van der Waals surface area (Å²) in [5.74, 6) is 0.100. The molecule has 0 atom stereocenters. The number of rotatable bonds is 7. The third kappa shape index (κ3) is 5.86. The third-order valence-corrected chi connectivity index (χ3v) is 7.66. The smallest absolute Gasteiger partial charge is 0.236 e. The summed E-state index contributed by atoms with van der Waals surface area (Å²) in [4.78, 5) is 14.4. The van der Waals surface area contributed by atoms with Gasteiger partial charge in [0.2, 0.25) is 21.1 Å². The SMILES string of the molecule is Cc1cccc(-n2nnnc2SCC(=O)N2CCN(S(=O)(=O)/C=C/c3ccccc3)CC2)c1. The number of benzene rings is 2. The summed E-state index contributed by atoms with van der Waals surface area (Å²) in [6, 6.07) is 17.1. The number of thioether (sulfide) groups is 1. The topological polar surface area (TPSA) is 101 Å². The van der Waals surface area contributed by atoms with Crippen LogP contribution in [0.1, 0.15) is 11.1 Å². The maximum Gasteiger partial charge on any atom is 0.236 e. The second-order valence-electron chi connectivity index (χ2n) is 7.54. The number of tetrazole rings is 1. The van der Waals surface area contributed by atoms with Gasteiger partial charge in [0.15, 0.2) is 0 Å². The van der Waals surface area contributed by atoms with E-state index >= 15 is 0 Å². The van der Waals surface area contributed by atoms with E-state index in [1.54, 1.807) is 15.7 Å². The Morgan fingerprint density at radius 2 is 1.82 bits per heavy atom. The molecule has 4 rings (SSSR count). The summed E-state index contributed by atoms with van der Waals surface area (Å²) in [5.41, 5.74) is 2.73. The highest BCUT2D eigenvalue weighted by molar-refractivity contribution is 7.99. The highest BCUT2D eigenvalue weighted by atomic mass is 32.2. The first-order valence-electron chi connectivity index (χ1n) is 10.4. The summed E-state index contributed by atoms with van der Waals surface area (Å²) >= 11 is 1.26. The Balaban J connectivity index is 1.31. The molecule has 1 aliphatic heterocycles. The molecule has 0 unspecified atom stereocenters. The van der Waals surface area contributed by atoms with Gasteiger partial charge in [-0.05, 0) is 46.7 Å². The van der Waals surface area contributed by atoms with Crippen LogP contribution in [-0.4, -0.2) is 75.7 Å². The van der Waals surface area contributed by atoms with Gasteiger partial charge in [0.1, 0.15) is 0 Å². The van der Waals surface area contributed by atoms with E-state index in [0.29, 0.717) is 18.2 Å². The van der Waals surface area contributed by atoms with Crippen LogP contribution in [0, 0.1) is 6.92 Å². The number of piperazine rings is 1. The number of hydrogen-bond donors (Lipinski definition) is 0. The predicted octanol–water partition coefficient (Wildman–Crippen LogP) is 2.21. The molecular formula is C22H24N6O3S2. The molecule has 0 aliphatic carbocycles. The first kappa shape index (κ1) is 23.1. The van der Waals surface area contributed by atoms with Crippen LogP contribution in [0.25, 0.3) is 11.8 Å². The Bertz CT molecular complexity index is 1240. The van der Waals surface area contributed by atoms with Gasteiger partial charge < -0.3 is 4.90 Å². The van der Waals surface area contributed by atoms with E-state index in [0.717, 1.165) is 16.8 Å². The van der Waals surface area contributed by atoms with Crippen LogP contribution in [0.3, 0.4) is 0 Å². The molecule has 33 heavy (non-hydrogen) atoms. The van der Waals surface area contributed by atoms with Gasteiger partial charge in [-0.3, -0.25) is 4.79 Å². The van der Waals surface area contributed by atoms with E-state index in [2.05, 4.69) is 15.5 Å². The molecular weight excluding hydrogens is 460 g/mol. The standard InChI is InChI=1S/C22H24N6O3S2/c1-18-6-5-9-20(16-18)28-22(23-24-25-28)32-17-21(29)26-11-13-27(14-12-26)33(30,31)15-10-19-7-3-2-4-8-19/h2-10,15-16H,11-14,17H2,1H3/b15-10+. The van der Waals surface area contributed by atoms with Crippen LogP contribution in [0.4, 0.5) is 0 Å². The second-order valence-corrected chi connectivity index (χ2v) is 10.3. The molecule has 1 amide bonds. The van der Waals surface area contributed by atoms with Crippen molar-refractivity contribution in [3.63, 3.8) is 0 Å². The number of carbonyl (C=O) groups excluding carboxylic acids is 1. The van der Waals surface area contributed by atoms with Crippen molar-refractivity contribution < 1.29 is 13.2 Å². The summed E-state index contributed by atoms with van der Waals surface area (Å²) in [5, 5.41) is 13.5. The summed E-state index contributed by atoms with van der Waals surface area (Å²) in [7, 11) is -3.54.